The first-order chi connectivity index (χ1) is 15.4. The third-order valence-corrected chi connectivity index (χ3v) is 7.46. The third kappa shape index (κ3) is 5.88. The molecule has 0 saturated carbocycles. The lowest BCUT2D eigenvalue weighted by molar-refractivity contribution is 0.0172. The molecule has 1 saturated heterocycles. The molecule has 2 aromatic carbocycles. The van der Waals surface area contributed by atoms with Crippen LogP contribution in [0.4, 0.5) is 0 Å². The van der Waals surface area contributed by atoms with Crippen molar-refractivity contribution in [3.8, 4) is 0 Å². The lowest BCUT2D eigenvalue weighted by atomic mass is 10.0. The molecule has 2 aromatic rings. The predicted octanol–water partition coefficient (Wildman–Crippen LogP) is 3.17. The zero-order valence-electron chi connectivity index (χ0n) is 18.5. The molecule has 1 atom stereocenters. The molecule has 9 heteroatoms. The summed E-state index contributed by atoms with van der Waals surface area (Å²) in [6, 6.07) is 13.3. The highest BCUT2D eigenvalue weighted by molar-refractivity contribution is 7.89. The van der Waals surface area contributed by atoms with E-state index in [1.54, 1.807) is 17.0 Å². The highest BCUT2D eigenvalue weighted by atomic mass is 35.5. The average molecular weight is 480 g/mol. The Morgan fingerprint density at radius 3 is 2.31 bits per heavy atom. The van der Waals surface area contributed by atoms with Gasteiger partial charge in [-0.05, 0) is 49.7 Å². The van der Waals surface area contributed by atoms with Crippen LogP contribution >= 0.6 is 11.6 Å². The van der Waals surface area contributed by atoms with Crippen LogP contribution in [0.1, 0.15) is 35.8 Å². The second kappa shape index (κ2) is 11.2. The minimum absolute atomic E-state index is 0.113. The van der Waals surface area contributed by atoms with Crippen molar-refractivity contribution >= 4 is 27.5 Å². The van der Waals surface area contributed by atoms with Crippen molar-refractivity contribution in [1.29, 1.82) is 0 Å². The first-order valence-electron chi connectivity index (χ1n) is 10.8. The lowest BCUT2D eigenvalue weighted by Gasteiger charge is -2.35. The fraction of sp³-hybridized carbons (Fsp3) is 0.435. The smallest absolute Gasteiger partial charge is 0.253 e. The lowest BCUT2D eigenvalue weighted by Crippen LogP contribution is -2.43. The SMILES string of the molecule is CCN(CC)C(=O)c1ccc(S(=O)(=O)NCC(c2ccccc2Cl)N2CCOCC2)cc1. The fourth-order valence-corrected chi connectivity index (χ4v) is 5.11. The zero-order chi connectivity index (χ0) is 23.1. The van der Waals surface area contributed by atoms with Gasteiger partial charge in [0.25, 0.3) is 5.91 Å². The van der Waals surface area contributed by atoms with E-state index in [4.69, 9.17) is 16.3 Å². The number of rotatable bonds is 9. The molecule has 7 nitrogen and oxygen atoms in total. The first-order valence-corrected chi connectivity index (χ1v) is 12.7. The first kappa shape index (κ1) is 24.7. The number of hydrogen-bond acceptors (Lipinski definition) is 5. The van der Waals surface area contributed by atoms with Gasteiger partial charge in [-0.1, -0.05) is 29.8 Å². The van der Waals surface area contributed by atoms with Crippen molar-refractivity contribution in [3.05, 3.63) is 64.7 Å². The van der Waals surface area contributed by atoms with Crippen LogP contribution in [-0.2, 0) is 14.8 Å². The van der Waals surface area contributed by atoms with Gasteiger partial charge in [-0.2, -0.15) is 0 Å². The molecule has 0 spiro atoms. The van der Waals surface area contributed by atoms with Crippen molar-refractivity contribution in [2.24, 2.45) is 0 Å². The molecule has 0 aliphatic carbocycles. The van der Waals surface area contributed by atoms with Crippen molar-refractivity contribution in [2.45, 2.75) is 24.8 Å². The quantitative estimate of drug-likeness (QED) is 0.597. The molecule has 0 radical (unpaired) electrons. The van der Waals surface area contributed by atoms with Gasteiger partial charge in [0.2, 0.25) is 10.0 Å². The Balaban J connectivity index is 1.76. The Morgan fingerprint density at radius 1 is 1.09 bits per heavy atom. The van der Waals surface area contributed by atoms with Gasteiger partial charge in [0.05, 0.1) is 18.1 Å². The second-order valence-electron chi connectivity index (χ2n) is 7.54. The van der Waals surface area contributed by atoms with E-state index in [2.05, 4.69) is 9.62 Å². The number of amides is 1. The Bertz CT molecular complexity index is 1000. The van der Waals surface area contributed by atoms with Crippen molar-refractivity contribution in [2.75, 3.05) is 45.9 Å². The van der Waals surface area contributed by atoms with Crippen LogP contribution in [0.5, 0.6) is 0 Å². The normalized spacial score (nSPS) is 16.0. The molecule has 174 valence electrons. The van der Waals surface area contributed by atoms with Crippen LogP contribution in [0.3, 0.4) is 0 Å². The molecule has 1 aliphatic rings. The molecule has 1 amide bonds. The van der Waals surface area contributed by atoms with Gasteiger partial charge in [-0.25, -0.2) is 13.1 Å². The standard InChI is InChI=1S/C23H30ClN3O4S/c1-3-26(4-2)23(28)18-9-11-19(12-10-18)32(29,30)25-17-22(27-13-15-31-16-14-27)20-7-5-6-8-21(20)24/h5-12,22,25H,3-4,13-17H2,1-2H3. The number of carbonyl (C=O) groups excluding carboxylic acids is 1. The van der Waals surface area contributed by atoms with Gasteiger partial charge in [0.15, 0.2) is 0 Å². The Morgan fingerprint density at radius 2 is 1.72 bits per heavy atom. The number of halogens is 1. The summed E-state index contributed by atoms with van der Waals surface area (Å²) in [6.45, 7) is 7.77. The molecule has 0 aromatic heterocycles. The minimum atomic E-state index is -3.76. The summed E-state index contributed by atoms with van der Waals surface area (Å²) in [4.78, 5) is 16.5. The number of sulfonamides is 1. The molecule has 0 bridgehead atoms. The zero-order valence-corrected chi connectivity index (χ0v) is 20.0. The Kier molecular flexibility index (Phi) is 8.67. The maximum atomic E-state index is 13.0. The highest BCUT2D eigenvalue weighted by Gasteiger charge is 2.26. The van der Waals surface area contributed by atoms with Crippen molar-refractivity contribution in [3.63, 3.8) is 0 Å². The maximum Gasteiger partial charge on any atom is 0.253 e. The van der Waals surface area contributed by atoms with E-state index >= 15 is 0 Å². The van der Waals surface area contributed by atoms with E-state index in [-0.39, 0.29) is 23.4 Å². The number of carbonyl (C=O) groups is 1. The van der Waals surface area contributed by atoms with Gasteiger partial charge in [0, 0.05) is 49.4 Å². The topological polar surface area (TPSA) is 79.0 Å². The van der Waals surface area contributed by atoms with E-state index in [1.807, 2.05) is 38.1 Å². The Hall–Kier alpha value is -1.97. The van der Waals surface area contributed by atoms with E-state index in [0.29, 0.717) is 50.0 Å². The summed E-state index contributed by atoms with van der Waals surface area (Å²) in [6.07, 6.45) is 0. The van der Waals surface area contributed by atoms with Crippen molar-refractivity contribution < 1.29 is 17.9 Å². The number of hydrogen-bond donors (Lipinski definition) is 1. The van der Waals surface area contributed by atoms with Gasteiger partial charge >= 0.3 is 0 Å². The molecule has 3 rings (SSSR count). The molecule has 1 fully saturated rings. The van der Waals surface area contributed by atoms with E-state index in [0.717, 1.165) is 5.56 Å². The van der Waals surface area contributed by atoms with Crippen LogP contribution in [-0.4, -0.2) is 70.1 Å². The minimum Gasteiger partial charge on any atom is -0.379 e. The predicted molar refractivity (Wildman–Crippen MR) is 125 cm³/mol. The Labute approximate surface area is 195 Å². The van der Waals surface area contributed by atoms with Crippen LogP contribution in [0, 0.1) is 0 Å². The largest absolute Gasteiger partial charge is 0.379 e. The molecule has 32 heavy (non-hydrogen) atoms. The van der Waals surface area contributed by atoms with Gasteiger partial charge in [-0.3, -0.25) is 9.69 Å². The number of nitrogens with zero attached hydrogens (tertiary/aromatic N) is 2. The van der Waals surface area contributed by atoms with E-state index in [9.17, 15) is 13.2 Å². The van der Waals surface area contributed by atoms with E-state index in [1.165, 1.54) is 12.1 Å². The van der Waals surface area contributed by atoms with Crippen LogP contribution in [0.15, 0.2) is 53.4 Å². The number of ether oxygens (including phenoxy) is 1. The summed E-state index contributed by atoms with van der Waals surface area (Å²) < 4.78 is 34.1. The van der Waals surface area contributed by atoms with Gasteiger partial charge in [0.1, 0.15) is 0 Å². The van der Waals surface area contributed by atoms with Crippen LogP contribution < -0.4 is 4.72 Å². The molecular formula is C23H30ClN3O4S. The molecule has 1 N–H and O–H groups in total. The van der Waals surface area contributed by atoms with Gasteiger partial charge < -0.3 is 9.64 Å². The van der Waals surface area contributed by atoms with Crippen LogP contribution in [0.2, 0.25) is 5.02 Å². The molecule has 1 unspecified atom stereocenters. The van der Waals surface area contributed by atoms with E-state index < -0.39 is 10.0 Å². The molecule has 1 aliphatic heterocycles. The average Bonchev–Trinajstić information content (AvgIpc) is 2.82. The number of nitrogens with one attached hydrogen (secondary N) is 1. The summed E-state index contributed by atoms with van der Waals surface area (Å²) in [5.41, 5.74) is 1.34. The van der Waals surface area contributed by atoms with Gasteiger partial charge in [-0.15, -0.1) is 0 Å². The molecular weight excluding hydrogens is 450 g/mol. The fourth-order valence-electron chi connectivity index (χ4n) is 3.81. The molecule has 1 heterocycles. The number of morpholine rings is 1. The monoisotopic (exact) mass is 479 g/mol. The van der Waals surface area contributed by atoms with Crippen LogP contribution in [0.25, 0.3) is 0 Å². The maximum absolute atomic E-state index is 13.0. The second-order valence-corrected chi connectivity index (χ2v) is 9.71. The summed E-state index contributed by atoms with van der Waals surface area (Å²) in [5, 5.41) is 0.599. The summed E-state index contributed by atoms with van der Waals surface area (Å²) >= 11 is 6.43. The highest BCUT2D eigenvalue weighted by Crippen LogP contribution is 2.28. The van der Waals surface area contributed by atoms with Crippen molar-refractivity contribution in [1.82, 2.24) is 14.5 Å². The summed E-state index contributed by atoms with van der Waals surface area (Å²) in [5.74, 6) is -0.113. The third-order valence-electron chi connectivity index (χ3n) is 5.68. The number of benzene rings is 2. The summed E-state index contributed by atoms with van der Waals surface area (Å²) in [7, 11) is -3.76.